The Labute approximate surface area is 153 Å². The van der Waals surface area contributed by atoms with Gasteiger partial charge in [-0.05, 0) is 12.5 Å². The molecule has 1 aromatic rings. The minimum absolute atomic E-state index is 0.0166. The first kappa shape index (κ1) is 20.4. The van der Waals surface area contributed by atoms with Gasteiger partial charge in [0.15, 0.2) is 0 Å². The van der Waals surface area contributed by atoms with Crippen molar-refractivity contribution in [1.82, 2.24) is 19.6 Å². The summed E-state index contributed by atoms with van der Waals surface area (Å²) >= 11 is 0. The molecule has 0 saturated heterocycles. The molecule has 0 N–H and O–H groups in total. The summed E-state index contributed by atoms with van der Waals surface area (Å²) in [5, 5.41) is 4.31. The zero-order chi connectivity index (χ0) is 19.3. The Hall–Kier alpha value is -1.94. The van der Waals surface area contributed by atoms with Gasteiger partial charge in [-0.3, -0.25) is 14.3 Å². The maximum absolute atomic E-state index is 12.4. The highest BCUT2D eigenvalue weighted by atomic mass is 32.2. The summed E-state index contributed by atoms with van der Waals surface area (Å²) in [6.45, 7) is 1.25. The fraction of sp³-hybridized carbons (Fsp3) is 0.688. The second kappa shape index (κ2) is 8.63. The van der Waals surface area contributed by atoms with Crippen molar-refractivity contribution in [3.05, 3.63) is 18.0 Å². The predicted octanol–water partition coefficient (Wildman–Crippen LogP) is -0.304. The van der Waals surface area contributed by atoms with E-state index in [1.54, 1.807) is 25.2 Å². The molecule has 2 rings (SSSR count). The van der Waals surface area contributed by atoms with Crippen molar-refractivity contribution < 1.29 is 22.7 Å². The molecule has 1 unspecified atom stereocenters. The monoisotopic (exact) mass is 386 g/mol. The van der Waals surface area contributed by atoms with E-state index in [0.717, 1.165) is 11.9 Å². The number of likely N-dealkylation sites (N-methyl/N-ethyl adjacent to an activating group) is 1. The number of amides is 2. The van der Waals surface area contributed by atoms with Crippen LogP contribution in [-0.4, -0.2) is 85.7 Å². The van der Waals surface area contributed by atoms with Gasteiger partial charge in [0.05, 0.1) is 24.0 Å². The number of carbonyl (C=O) groups excluding carboxylic acids is 2. The second-order valence-electron chi connectivity index (χ2n) is 6.70. The number of fused-ring (bicyclic) bond motifs is 1. The molecule has 0 aromatic carbocycles. The molecule has 0 saturated carbocycles. The van der Waals surface area contributed by atoms with Crippen molar-refractivity contribution in [3.63, 3.8) is 0 Å². The SMILES string of the molecule is CN(C)C(=O)COCCC1CN(C(=O)CCS(C)(=O)=O)Cc2ccnn21. The van der Waals surface area contributed by atoms with E-state index in [1.165, 1.54) is 4.90 Å². The Kier molecular flexibility index (Phi) is 6.76. The molecule has 0 spiro atoms. The molecule has 9 nitrogen and oxygen atoms in total. The summed E-state index contributed by atoms with van der Waals surface area (Å²) in [6, 6.07) is 1.78. The third kappa shape index (κ3) is 5.80. The van der Waals surface area contributed by atoms with Gasteiger partial charge < -0.3 is 14.5 Å². The van der Waals surface area contributed by atoms with E-state index in [-0.39, 0.29) is 36.6 Å². The van der Waals surface area contributed by atoms with Crippen LogP contribution in [0.15, 0.2) is 12.3 Å². The van der Waals surface area contributed by atoms with Crippen molar-refractivity contribution in [2.45, 2.75) is 25.4 Å². The molecule has 1 aromatic heterocycles. The third-order valence-electron chi connectivity index (χ3n) is 4.24. The number of sulfone groups is 1. The molecule has 2 amide bonds. The third-order valence-corrected chi connectivity index (χ3v) is 5.19. The fourth-order valence-electron chi connectivity index (χ4n) is 2.73. The quantitative estimate of drug-likeness (QED) is 0.568. The lowest BCUT2D eigenvalue weighted by molar-refractivity contribution is -0.133. The van der Waals surface area contributed by atoms with Gasteiger partial charge in [-0.1, -0.05) is 0 Å². The number of hydrogen-bond donors (Lipinski definition) is 0. The second-order valence-corrected chi connectivity index (χ2v) is 8.96. The highest BCUT2D eigenvalue weighted by Crippen LogP contribution is 2.23. The highest BCUT2D eigenvalue weighted by molar-refractivity contribution is 7.90. The van der Waals surface area contributed by atoms with E-state index in [4.69, 9.17) is 4.74 Å². The number of carbonyl (C=O) groups is 2. The van der Waals surface area contributed by atoms with Gasteiger partial charge in [-0.2, -0.15) is 5.10 Å². The van der Waals surface area contributed by atoms with E-state index >= 15 is 0 Å². The van der Waals surface area contributed by atoms with Crippen molar-refractivity contribution >= 4 is 21.7 Å². The van der Waals surface area contributed by atoms with Gasteiger partial charge in [0.1, 0.15) is 16.4 Å². The molecule has 146 valence electrons. The molecule has 10 heteroatoms. The molecule has 0 radical (unpaired) electrons. The average Bonchev–Trinajstić information content (AvgIpc) is 3.03. The Morgan fingerprint density at radius 2 is 2.12 bits per heavy atom. The van der Waals surface area contributed by atoms with Crippen LogP contribution in [0.3, 0.4) is 0 Å². The molecule has 1 aliphatic heterocycles. The summed E-state index contributed by atoms with van der Waals surface area (Å²) in [5.74, 6) is -0.440. The van der Waals surface area contributed by atoms with Crippen LogP contribution < -0.4 is 0 Å². The van der Waals surface area contributed by atoms with Crippen LogP contribution in [0.2, 0.25) is 0 Å². The van der Waals surface area contributed by atoms with E-state index in [0.29, 0.717) is 26.1 Å². The normalized spacial score (nSPS) is 17.0. The van der Waals surface area contributed by atoms with Gasteiger partial charge in [-0.25, -0.2) is 8.42 Å². The Morgan fingerprint density at radius 1 is 1.38 bits per heavy atom. The number of nitrogens with zero attached hydrogens (tertiary/aromatic N) is 4. The summed E-state index contributed by atoms with van der Waals surface area (Å²) < 4.78 is 29.9. The number of hydrogen-bond acceptors (Lipinski definition) is 6. The zero-order valence-corrected chi connectivity index (χ0v) is 16.2. The molecule has 0 aliphatic carbocycles. The smallest absolute Gasteiger partial charge is 0.248 e. The molecule has 1 atom stereocenters. The summed E-state index contributed by atoms with van der Waals surface area (Å²) in [5.41, 5.74) is 0.901. The molecule has 0 bridgehead atoms. The Bertz CT molecular complexity index is 744. The lowest BCUT2D eigenvalue weighted by Gasteiger charge is -2.34. The van der Waals surface area contributed by atoms with Gasteiger partial charge in [0.2, 0.25) is 11.8 Å². The predicted molar refractivity (Wildman–Crippen MR) is 95.1 cm³/mol. The van der Waals surface area contributed by atoms with Gasteiger partial charge in [0.25, 0.3) is 0 Å². The van der Waals surface area contributed by atoms with Gasteiger partial charge in [-0.15, -0.1) is 0 Å². The summed E-state index contributed by atoms with van der Waals surface area (Å²) in [7, 11) is 0.164. The molecular weight excluding hydrogens is 360 g/mol. The minimum Gasteiger partial charge on any atom is -0.372 e. The van der Waals surface area contributed by atoms with E-state index in [9.17, 15) is 18.0 Å². The molecule has 26 heavy (non-hydrogen) atoms. The average molecular weight is 386 g/mol. The van der Waals surface area contributed by atoms with Crippen LogP contribution in [0.25, 0.3) is 0 Å². The fourth-order valence-corrected chi connectivity index (χ4v) is 3.28. The largest absolute Gasteiger partial charge is 0.372 e. The molecule has 1 aliphatic rings. The number of rotatable bonds is 8. The number of aromatic nitrogens is 2. The van der Waals surface area contributed by atoms with Crippen molar-refractivity contribution in [3.8, 4) is 0 Å². The van der Waals surface area contributed by atoms with Crippen LogP contribution in [-0.2, 0) is 30.7 Å². The summed E-state index contributed by atoms with van der Waals surface area (Å²) in [6.07, 6.45) is 3.39. The maximum Gasteiger partial charge on any atom is 0.248 e. The van der Waals surface area contributed by atoms with E-state index in [1.807, 2.05) is 10.7 Å². The standard InChI is InChI=1S/C16H26N4O5S/c1-18(2)16(22)12-25-8-5-14-11-19(10-13-4-7-17-20(13)14)15(21)6-9-26(3,23)24/h4,7,14H,5-6,8-12H2,1-3H3. The first-order chi connectivity index (χ1) is 12.2. The minimum atomic E-state index is -3.17. The molecular formula is C16H26N4O5S. The van der Waals surface area contributed by atoms with Gasteiger partial charge >= 0.3 is 0 Å². The highest BCUT2D eigenvalue weighted by Gasteiger charge is 2.28. The topological polar surface area (TPSA) is 102 Å². The van der Waals surface area contributed by atoms with Crippen LogP contribution in [0.1, 0.15) is 24.6 Å². The van der Waals surface area contributed by atoms with Crippen molar-refractivity contribution in [1.29, 1.82) is 0 Å². The lowest BCUT2D eigenvalue weighted by Crippen LogP contribution is -2.42. The van der Waals surface area contributed by atoms with E-state index < -0.39 is 9.84 Å². The van der Waals surface area contributed by atoms with Gasteiger partial charge in [0, 0.05) is 46.1 Å². The molecule has 2 heterocycles. The zero-order valence-electron chi connectivity index (χ0n) is 15.4. The first-order valence-corrected chi connectivity index (χ1v) is 10.5. The summed E-state index contributed by atoms with van der Waals surface area (Å²) in [4.78, 5) is 27.0. The van der Waals surface area contributed by atoms with Crippen LogP contribution in [0.5, 0.6) is 0 Å². The lowest BCUT2D eigenvalue weighted by atomic mass is 10.1. The van der Waals surface area contributed by atoms with Crippen LogP contribution in [0.4, 0.5) is 0 Å². The van der Waals surface area contributed by atoms with Crippen molar-refractivity contribution in [2.75, 3.05) is 45.9 Å². The Morgan fingerprint density at radius 3 is 2.77 bits per heavy atom. The first-order valence-electron chi connectivity index (χ1n) is 8.43. The number of ether oxygens (including phenoxy) is 1. The van der Waals surface area contributed by atoms with Crippen LogP contribution in [0, 0.1) is 0 Å². The Balaban J connectivity index is 1.92. The molecule has 0 fully saturated rings. The van der Waals surface area contributed by atoms with Crippen LogP contribution >= 0.6 is 0 Å². The van der Waals surface area contributed by atoms with E-state index in [2.05, 4.69) is 5.10 Å². The maximum atomic E-state index is 12.4. The van der Waals surface area contributed by atoms with Crippen molar-refractivity contribution in [2.24, 2.45) is 0 Å².